The zero-order chi connectivity index (χ0) is 13.8. The summed E-state index contributed by atoms with van der Waals surface area (Å²) in [6.07, 6.45) is 8.28. The second-order valence-corrected chi connectivity index (χ2v) is 5.90. The van der Waals surface area contributed by atoms with Crippen molar-refractivity contribution in [3.05, 3.63) is 23.9 Å². The molecule has 1 aromatic rings. The number of nitrogens with zero attached hydrogens (tertiary/aromatic N) is 2. The molecule has 2 rings (SSSR count). The van der Waals surface area contributed by atoms with Crippen LogP contribution >= 0.6 is 12.2 Å². The van der Waals surface area contributed by atoms with Crippen LogP contribution < -0.4 is 10.6 Å². The predicted molar refractivity (Wildman–Crippen MR) is 84.6 cm³/mol. The van der Waals surface area contributed by atoms with Crippen LogP contribution in [-0.4, -0.2) is 23.1 Å². The van der Waals surface area contributed by atoms with Crippen molar-refractivity contribution in [2.45, 2.75) is 45.1 Å². The Hall–Kier alpha value is -1.16. The van der Waals surface area contributed by atoms with E-state index in [4.69, 9.17) is 18.0 Å². The minimum absolute atomic E-state index is 0.437. The van der Waals surface area contributed by atoms with Gasteiger partial charge in [-0.05, 0) is 43.7 Å². The number of rotatable bonds is 4. The third-order valence-corrected chi connectivity index (χ3v) is 4.57. The summed E-state index contributed by atoms with van der Waals surface area (Å²) in [4.78, 5) is 7.17. The lowest BCUT2D eigenvalue weighted by Crippen LogP contribution is -2.35. The maximum Gasteiger partial charge on any atom is 0.129 e. The highest BCUT2D eigenvalue weighted by molar-refractivity contribution is 7.80. The normalized spacial score (nSPS) is 23.1. The molecule has 1 fully saturated rings. The van der Waals surface area contributed by atoms with Crippen LogP contribution in [0.15, 0.2) is 18.3 Å². The molecule has 0 aliphatic heterocycles. The van der Waals surface area contributed by atoms with Crippen molar-refractivity contribution in [2.24, 2.45) is 11.7 Å². The SMILES string of the molecule is CCC1CCC(N(C)c2cc(C(N)=S)ccn2)CC1. The van der Waals surface area contributed by atoms with E-state index in [-0.39, 0.29) is 0 Å². The molecule has 0 spiro atoms. The summed E-state index contributed by atoms with van der Waals surface area (Å²) < 4.78 is 0. The first kappa shape index (κ1) is 14.3. The Morgan fingerprint density at radius 2 is 2.11 bits per heavy atom. The predicted octanol–water partition coefficient (Wildman–Crippen LogP) is 3.12. The molecule has 2 N–H and O–H groups in total. The van der Waals surface area contributed by atoms with Gasteiger partial charge in [0.2, 0.25) is 0 Å². The van der Waals surface area contributed by atoms with Gasteiger partial charge < -0.3 is 10.6 Å². The molecular formula is C15H23N3S. The van der Waals surface area contributed by atoms with Gasteiger partial charge in [0.05, 0.1) is 0 Å². The van der Waals surface area contributed by atoms with E-state index >= 15 is 0 Å². The second kappa shape index (κ2) is 6.33. The summed E-state index contributed by atoms with van der Waals surface area (Å²) in [5.41, 5.74) is 6.58. The minimum Gasteiger partial charge on any atom is -0.389 e. The van der Waals surface area contributed by atoms with E-state index in [1.54, 1.807) is 6.20 Å². The minimum atomic E-state index is 0.437. The lowest BCUT2D eigenvalue weighted by Gasteiger charge is -2.35. The first-order valence-corrected chi connectivity index (χ1v) is 7.51. The lowest BCUT2D eigenvalue weighted by atomic mass is 9.84. The molecule has 0 bridgehead atoms. The van der Waals surface area contributed by atoms with Gasteiger partial charge in [-0.3, -0.25) is 0 Å². The smallest absolute Gasteiger partial charge is 0.129 e. The van der Waals surface area contributed by atoms with E-state index in [2.05, 4.69) is 23.9 Å². The Morgan fingerprint density at radius 1 is 1.42 bits per heavy atom. The van der Waals surface area contributed by atoms with Crippen molar-refractivity contribution < 1.29 is 0 Å². The quantitative estimate of drug-likeness (QED) is 0.859. The molecule has 19 heavy (non-hydrogen) atoms. The van der Waals surface area contributed by atoms with E-state index in [1.807, 2.05) is 12.1 Å². The van der Waals surface area contributed by atoms with Crippen LogP contribution in [0.25, 0.3) is 0 Å². The average molecular weight is 277 g/mol. The summed E-state index contributed by atoms with van der Waals surface area (Å²) in [6, 6.07) is 4.46. The Labute approximate surface area is 121 Å². The van der Waals surface area contributed by atoms with Gasteiger partial charge in [-0.15, -0.1) is 0 Å². The first-order chi connectivity index (χ1) is 9.11. The molecule has 0 aromatic carbocycles. The molecule has 0 unspecified atom stereocenters. The van der Waals surface area contributed by atoms with E-state index in [1.165, 1.54) is 32.1 Å². The summed E-state index contributed by atoms with van der Waals surface area (Å²) in [6.45, 7) is 2.29. The van der Waals surface area contributed by atoms with Crippen molar-refractivity contribution in [2.75, 3.05) is 11.9 Å². The van der Waals surface area contributed by atoms with Crippen molar-refractivity contribution in [1.29, 1.82) is 0 Å². The summed E-state index contributed by atoms with van der Waals surface area (Å²) >= 11 is 5.03. The van der Waals surface area contributed by atoms with Gasteiger partial charge >= 0.3 is 0 Å². The van der Waals surface area contributed by atoms with Gasteiger partial charge in [0.1, 0.15) is 10.8 Å². The zero-order valence-electron chi connectivity index (χ0n) is 11.8. The van der Waals surface area contributed by atoms with Crippen LogP contribution in [0.1, 0.15) is 44.6 Å². The molecule has 1 heterocycles. The third kappa shape index (κ3) is 3.44. The number of hydrogen-bond acceptors (Lipinski definition) is 3. The Bertz CT molecular complexity index is 439. The Balaban J connectivity index is 2.05. The Morgan fingerprint density at radius 3 is 2.68 bits per heavy atom. The maximum atomic E-state index is 5.68. The molecule has 0 radical (unpaired) electrons. The summed E-state index contributed by atoms with van der Waals surface area (Å²) in [5.74, 6) is 1.89. The van der Waals surface area contributed by atoms with Crippen LogP contribution in [0.2, 0.25) is 0 Å². The van der Waals surface area contributed by atoms with Crippen LogP contribution in [-0.2, 0) is 0 Å². The average Bonchev–Trinajstić information content (AvgIpc) is 2.46. The van der Waals surface area contributed by atoms with Gasteiger partial charge in [0.15, 0.2) is 0 Å². The topological polar surface area (TPSA) is 42.1 Å². The lowest BCUT2D eigenvalue weighted by molar-refractivity contribution is 0.313. The number of pyridine rings is 1. The fraction of sp³-hybridized carbons (Fsp3) is 0.600. The number of hydrogen-bond donors (Lipinski definition) is 1. The van der Waals surface area contributed by atoms with E-state index in [0.717, 1.165) is 17.3 Å². The molecule has 0 atom stereocenters. The largest absolute Gasteiger partial charge is 0.389 e. The zero-order valence-corrected chi connectivity index (χ0v) is 12.6. The third-order valence-electron chi connectivity index (χ3n) is 4.33. The van der Waals surface area contributed by atoms with Crippen molar-refractivity contribution in [1.82, 2.24) is 4.98 Å². The molecular weight excluding hydrogens is 254 g/mol. The van der Waals surface area contributed by atoms with Crippen molar-refractivity contribution in [3.8, 4) is 0 Å². The first-order valence-electron chi connectivity index (χ1n) is 7.10. The summed E-state index contributed by atoms with van der Waals surface area (Å²) in [7, 11) is 2.13. The molecule has 1 aliphatic rings. The van der Waals surface area contributed by atoms with Gasteiger partial charge in [0, 0.05) is 24.8 Å². The molecule has 104 valence electrons. The molecule has 1 aliphatic carbocycles. The van der Waals surface area contributed by atoms with Gasteiger partial charge in [-0.1, -0.05) is 25.6 Å². The Kier molecular flexibility index (Phi) is 4.75. The molecule has 3 nitrogen and oxygen atoms in total. The number of anilines is 1. The molecule has 0 saturated heterocycles. The van der Waals surface area contributed by atoms with Crippen LogP contribution in [0.4, 0.5) is 5.82 Å². The molecule has 0 amide bonds. The second-order valence-electron chi connectivity index (χ2n) is 5.46. The number of aromatic nitrogens is 1. The van der Waals surface area contributed by atoms with E-state index in [0.29, 0.717) is 11.0 Å². The van der Waals surface area contributed by atoms with E-state index < -0.39 is 0 Å². The monoisotopic (exact) mass is 277 g/mol. The highest BCUT2D eigenvalue weighted by Gasteiger charge is 2.23. The van der Waals surface area contributed by atoms with Crippen molar-refractivity contribution >= 4 is 23.0 Å². The number of nitrogens with two attached hydrogens (primary N) is 1. The van der Waals surface area contributed by atoms with Crippen LogP contribution in [0, 0.1) is 5.92 Å². The number of thiocarbonyl (C=S) groups is 1. The standard InChI is InChI=1S/C15H23N3S/c1-3-11-4-6-13(7-5-11)18(2)14-10-12(15(16)19)8-9-17-14/h8-11,13H,3-7H2,1-2H3,(H2,16,19). The van der Waals surface area contributed by atoms with Gasteiger partial charge in [-0.2, -0.15) is 0 Å². The fourth-order valence-electron chi connectivity index (χ4n) is 2.89. The molecule has 1 aromatic heterocycles. The highest BCUT2D eigenvalue weighted by Crippen LogP contribution is 2.30. The van der Waals surface area contributed by atoms with Crippen molar-refractivity contribution in [3.63, 3.8) is 0 Å². The highest BCUT2D eigenvalue weighted by atomic mass is 32.1. The maximum absolute atomic E-state index is 5.68. The van der Waals surface area contributed by atoms with Crippen LogP contribution in [0.5, 0.6) is 0 Å². The van der Waals surface area contributed by atoms with Gasteiger partial charge in [-0.25, -0.2) is 4.98 Å². The van der Waals surface area contributed by atoms with Crippen LogP contribution in [0.3, 0.4) is 0 Å². The van der Waals surface area contributed by atoms with E-state index in [9.17, 15) is 0 Å². The summed E-state index contributed by atoms with van der Waals surface area (Å²) in [5, 5.41) is 0. The van der Waals surface area contributed by atoms with Gasteiger partial charge in [0.25, 0.3) is 0 Å². The fourth-order valence-corrected chi connectivity index (χ4v) is 3.02. The molecule has 1 saturated carbocycles. The molecule has 4 heteroatoms.